The minimum Gasteiger partial charge on any atom is -0.461 e. The fraction of sp³-hybridized carbons (Fsp3) is 0.550. The lowest BCUT2D eigenvalue weighted by Crippen LogP contribution is -2.35. The van der Waals surface area contributed by atoms with Crippen LogP contribution in [0.3, 0.4) is 0 Å². The van der Waals surface area contributed by atoms with Gasteiger partial charge >= 0.3 is 5.97 Å². The highest BCUT2D eigenvalue weighted by Gasteiger charge is 2.42. The quantitative estimate of drug-likeness (QED) is 0.478. The molecule has 28 heavy (non-hydrogen) atoms. The van der Waals surface area contributed by atoms with Gasteiger partial charge in [0.05, 0.1) is 11.3 Å². The zero-order valence-electron chi connectivity index (χ0n) is 15.6. The minimum atomic E-state index is -0.937. The zero-order chi connectivity index (χ0) is 19.7. The molecule has 0 amide bonds. The van der Waals surface area contributed by atoms with Crippen LogP contribution in [0.25, 0.3) is 11.0 Å². The molecule has 8 heteroatoms. The Hall–Kier alpha value is -2.30. The van der Waals surface area contributed by atoms with Gasteiger partial charge in [-0.2, -0.15) is 4.98 Å². The number of nitrogen functional groups attached to an aromatic ring is 1. The Morgan fingerprint density at radius 3 is 2.93 bits per heavy atom. The summed E-state index contributed by atoms with van der Waals surface area (Å²) < 4.78 is 13.6. The van der Waals surface area contributed by atoms with Gasteiger partial charge in [0.15, 0.2) is 5.60 Å². The molecule has 2 fully saturated rings. The van der Waals surface area contributed by atoms with Gasteiger partial charge in [0.1, 0.15) is 24.3 Å². The maximum absolute atomic E-state index is 12.4. The minimum absolute atomic E-state index is 0.0176. The van der Waals surface area contributed by atoms with Gasteiger partial charge in [-0.05, 0) is 43.4 Å². The third-order valence-corrected chi connectivity index (χ3v) is 5.86. The van der Waals surface area contributed by atoms with Crippen molar-refractivity contribution in [3.8, 4) is 12.3 Å². The summed E-state index contributed by atoms with van der Waals surface area (Å²) >= 11 is 5.95. The summed E-state index contributed by atoms with van der Waals surface area (Å²) in [5.74, 6) is 2.83. The number of ether oxygens (including phenoxy) is 2. The van der Waals surface area contributed by atoms with E-state index in [-0.39, 0.29) is 30.0 Å². The first-order chi connectivity index (χ1) is 13.5. The number of nitrogens with two attached hydrogens (primary N) is 1. The van der Waals surface area contributed by atoms with Gasteiger partial charge in [-0.1, -0.05) is 25.2 Å². The average molecular weight is 403 g/mol. The number of rotatable bonds is 4. The molecule has 1 saturated heterocycles. The van der Waals surface area contributed by atoms with Crippen LogP contribution < -0.4 is 5.73 Å². The van der Waals surface area contributed by atoms with Crippen LogP contribution in [-0.4, -0.2) is 32.7 Å². The molecule has 1 aliphatic carbocycles. The van der Waals surface area contributed by atoms with E-state index in [1.807, 2.05) is 16.8 Å². The molecule has 0 spiro atoms. The van der Waals surface area contributed by atoms with Crippen LogP contribution in [0.1, 0.15) is 51.2 Å². The molecule has 2 aromatic heterocycles. The Bertz CT molecular complexity index is 931. The molecule has 0 aromatic carbocycles. The van der Waals surface area contributed by atoms with Crippen LogP contribution in [0.4, 0.5) is 5.82 Å². The van der Waals surface area contributed by atoms with E-state index in [0.717, 1.165) is 25.7 Å². The van der Waals surface area contributed by atoms with Gasteiger partial charge in [0.2, 0.25) is 5.28 Å². The highest BCUT2D eigenvalue weighted by Crippen LogP contribution is 2.39. The Labute approximate surface area is 168 Å². The van der Waals surface area contributed by atoms with Gasteiger partial charge < -0.3 is 19.8 Å². The van der Waals surface area contributed by atoms with E-state index in [4.69, 9.17) is 33.2 Å². The fourth-order valence-electron chi connectivity index (χ4n) is 4.09. The number of esters is 1. The maximum atomic E-state index is 12.4. The molecule has 1 saturated carbocycles. The molecule has 2 aliphatic rings. The normalized spacial score (nSPS) is 25.6. The monoisotopic (exact) mass is 402 g/mol. The second-order valence-electron chi connectivity index (χ2n) is 7.53. The van der Waals surface area contributed by atoms with Crippen molar-refractivity contribution in [1.29, 1.82) is 0 Å². The number of carbonyl (C=O) groups is 1. The molecule has 3 heterocycles. The van der Waals surface area contributed by atoms with E-state index in [0.29, 0.717) is 29.7 Å². The lowest BCUT2D eigenvalue weighted by Gasteiger charge is -2.26. The lowest BCUT2D eigenvalue weighted by atomic mass is 9.89. The summed E-state index contributed by atoms with van der Waals surface area (Å²) in [6.45, 7) is 0.0619. The predicted molar refractivity (Wildman–Crippen MR) is 105 cm³/mol. The number of fused-ring (bicyclic) bond motifs is 1. The maximum Gasteiger partial charge on any atom is 0.309 e. The van der Waals surface area contributed by atoms with Crippen molar-refractivity contribution in [3.63, 3.8) is 0 Å². The first-order valence-electron chi connectivity index (χ1n) is 9.63. The number of terminal acetylenes is 1. The second kappa shape index (κ2) is 7.61. The van der Waals surface area contributed by atoms with Crippen molar-refractivity contribution >= 4 is 34.4 Å². The van der Waals surface area contributed by atoms with Crippen LogP contribution in [0.15, 0.2) is 12.3 Å². The van der Waals surface area contributed by atoms with Crippen molar-refractivity contribution in [2.24, 2.45) is 5.92 Å². The zero-order valence-corrected chi connectivity index (χ0v) is 16.3. The molecule has 4 rings (SSSR count). The number of halogens is 1. The average Bonchev–Trinajstić information content (AvgIpc) is 3.31. The summed E-state index contributed by atoms with van der Waals surface area (Å²) in [5, 5.41) is 0.780. The molecule has 1 aliphatic heterocycles. The highest BCUT2D eigenvalue weighted by atomic mass is 35.5. The molecule has 2 N–H and O–H groups in total. The third-order valence-electron chi connectivity index (χ3n) is 5.69. The molecule has 0 bridgehead atoms. The molecular weight excluding hydrogens is 380 g/mol. The van der Waals surface area contributed by atoms with Crippen molar-refractivity contribution in [3.05, 3.63) is 17.5 Å². The van der Waals surface area contributed by atoms with Gasteiger partial charge in [-0.3, -0.25) is 4.79 Å². The van der Waals surface area contributed by atoms with Crippen LogP contribution in [-0.2, 0) is 14.3 Å². The van der Waals surface area contributed by atoms with Gasteiger partial charge in [0.25, 0.3) is 0 Å². The number of anilines is 1. The van der Waals surface area contributed by atoms with E-state index in [1.54, 1.807) is 0 Å². The smallest absolute Gasteiger partial charge is 0.309 e. The summed E-state index contributed by atoms with van der Waals surface area (Å²) in [7, 11) is 0. The van der Waals surface area contributed by atoms with Crippen molar-refractivity contribution in [2.75, 3.05) is 12.3 Å². The number of aromatic nitrogens is 3. The number of nitrogens with zero attached hydrogens (tertiary/aromatic N) is 3. The van der Waals surface area contributed by atoms with Crippen molar-refractivity contribution < 1.29 is 14.3 Å². The fourth-order valence-corrected chi connectivity index (χ4v) is 4.26. The van der Waals surface area contributed by atoms with Crippen LogP contribution in [0.2, 0.25) is 5.28 Å². The van der Waals surface area contributed by atoms with E-state index in [2.05, 4.69) is 15.9 Å². The lowest BCUT2D eigenvalue weighted by molar-refractivity contribution is -0.158. The highest BCUT2D eigenvalue weighted by molar-refractivity contribution is 6.28. The SMILES string of the molecule is C#C[C@@]1(COC(=O)C2CCCCC2)CC[C@H](n2ccc3c(N)nc(Cl)nc32)O1. The first-order valence-corrected chi connectivity index (χ1v) is 10.0. The Morgan fingerprint density at radius 2 is 2.18 bits per heavy atom. The van der Waals surface area contributed by atoms with Gasteiger partial charge in [-0.25, -0.2) is 4.98 Å². The Balaban J connectivity index is 1.47. The molecule has 7 nitrogen and oxygen atoms in total. The van der Waals surface area contributed by atoms with Crippen LogP contribution in [0, 0.1) is 18.3 Å². The van der Waals surface area contributed by atoms with E-state index < -0.39 is 5.60 Å². The molecule has 0 radical (unpaired) electrons. The standard InChI is InChI=1S/C20H23ClN4O3/c1-2-20(12-27-18(26)13-6-4-3-5-7-13)10-8-15(28-20)25-11-9-14-16(22)23-19(21)24-17(14)25/h1,9,11,13,15H,3-8,10,12H2,(H2,22,23,24)/t15-,20+/m1/s1. The summed E-state index contributed by atoms with van der Waals surface area (Å²) in [5.41, 5.74) is 5.58. The van der Waals surface area contributed by atoms with Gasteiger partial charge in [-0.15, -0.1) is 6.42 Å². The van der Waals surface area contributed by atoms with E-state index in [9.17, 15) is 4.79 Å². The number of carbonyl (C=O) groups excluding carboxylic acids is 1. The van der Waals surface area contributed by atoms with Gasteiger partial charge in [0, 0.05) is 6.20 Å². The summed E-state index contributed by atoms with van der Waals surface area (Å²) in [4.78, 5) is 20.6. The van der Waals surface area contributed by atoms with Crippen LogP contribution in [0.5, 0.6) is 0 Å². The first kappa shape index (κ1) is 19.0. The van der Waals surface area contributed by atoms with Crippen LogP contribution >= 0.6 is 11.6 Å². The summed E-state index contributed by atoms with van der Waals surface area (Å²) in [6, 6.07) is 1.82. The molecule has 0 unspecified atom stereocenters. The summed E-state index contributed by atoms with van der Waals surface area (Å²) in [6.07, 6.45) is 13.6. The number of hydrogen-bond donors (Lipinski definition) is 1. The third kappa shape index (κ3) is 3.54. The Morgan fingerprint density at radius 1 is 1.39 bits per heavy atom. The van der Waals surface area contributed by atoms with E-state index >= 15 is 0 Å². The molecule has 2 aromatic rings. The largest absolute Gasteiger partial charge is 0.461 e. The molecule has 2 atom stereocenters. The second-order valence-corrected chi connectivity index (χ2v) is 7.87. The van der Waals surface area contributed by atoms with Crippen molar-refractivity contribution in [1.82, 2.24) is 14.5 Å². The molecule has 148 valence electrons. The topological polar surface area (TPSA) is 92.3 Å². The van der Waals surface area contributed by atoms with E-state index in [1.165, 1.54) is 6.42 Å². The van der Waals surface area contributed by atoms with Crippen molar-refractivity contribution in [2.45, 2.75) is 56.8 Å². The number of hydrogen-bond acceptors (Lipinski definition) is 6. The molecular formula is C20H23ClN4O3. The Kier molecular flexibility index (Phi) is 5.17. The predicted octanol–water partition coefficient (Wildman–Crippen LogP) is 3.47.